The van der Waals surface area contributed by atoms with Crippen LogP contribution in [0.4, 0.5) is 5.69 Å². The van der Waals surface area contributed by atoms with Crippen LogP contribution in [0.15, 0.2) is 33.5 Å². The fraction of sp³-hybridized carbons (Fsp3) is 0.679. The fourth-order valence-corrected chi connectivity index (χ4v) is 5.82. The van der Waals surface area contributed by atoms with E-state index < -0.39 is 117 Å². The average Bonchev–Trinajstić information content (AvgIpc) is 3.04. The summed E-state index contributed by atoms with van der Waals surface area (Å²) in [5.41, 5.74) is 12.7. The van der Waals surface area contributed by atoms with Crippen molar-refractivity contribution in [2.24, 2.45) is 11.5 Å². The van der Waals surface area contributed by atoms with E-state index in [0.29, 0.717) is 16.6 Å². The summed E-state index contributed by atoms with van der Waals surface area (Å²) in [4.78, 5) is 12.0. The summed E-state index contributed by atoms with van der Waals surface area (Å²) < 4.78 is 33.7. The molecule has 3 aliphatic heterocycles. The Bertz CT molecular complexity index is 1380. The van der Waals surface area contributed by atoms with Gasteiger partial charge in [-0.05, 0) is 25.1 Å². The lowest BCUT2D eigenvalue weighted by Gasteiger charge is -2.49. The molecule has 1 unspecified atom stereocenters. The predicted molar refractivity (Wildman–Crippen MR) is 154 cm³/mol. The van der Waals surface area contributed by atoms with Crippen LogP contribution in [0.3, 0.4) is 0 Å². The smallest absolute Gasteiger partial charge is 0.339 e. The van der Waals surface area contributed by atoms with Gasteiger partial charge in [0, 0.05) is 22.7 Å². The fourth-order valence-electron chi connectivity index (χ4n) is 5.82. The van der Waals surface area contributed by atoms with Crippen LogP contribution in [0, 0.1) is 6.92 Å². The molecule has 5 rings (SSSR count). The van der Waals surface area contributed by atoms with Gasteiger partial charge in [0.25, 0.3) is 0 Å². The number of rotatable bonds is 9. The number of aryl methyl sites for hydroxylation is 1. The van der Waals surface area contributed by atoms with Crippen molar-refractivity contribution in [2.75, 3.05) is 25.1 Å². The Hall–Kier alpha value is -2.37. The van der Waals surface area contributed by atoms with E-state index in [1.54, 1.807) is 25.1 Å². The number of nitrogens with two attached hydrogens (primary N) is 2. The minimum atomic E-state index is -1.64. The van der Waals surface area contributed by atoms with Crippen LogP contribution in [-0.4, -0.2) is 153 Å². The number of anilines is 1. The van der Waals surface area contributed by atoms with Gasteiger partial charge < -0.3 is 85.7 Å². The molecular formula is C28H41N3O15. The highest BCUT2D eigenvalue weighted by Crippen LogP contribution is 2.32. The Balaban J connectivity index is 1.30. The molecule has 258 valence electrons. The molecule has 3 fully saturated rings. The van der Waals surface area contributed by atoms with Crippen molar-refractivity contribution in [3.05, 3.63) is 40.2 Å². The Labute approximate surface area is 261 Å². The van der Waals surface area contributed by atoms with E-state index in [-0.39, 0.29) is 5.58 Å². The highest BCUT2D eigenvalue weighted by Gasteiger charge is 2.52. The summed E-state index contributed by atoms with van der Waals surface area (Å²) in [6.45, 7) is -0.503. The zero-order chi connectivity index (χ0) is 33.4. The lowest BCUT2D eigenvalue weighted by atomic mass is 9.94. The van der Waals surface area contributed by atoms with Gasteiger partial charge in [0.15, 0.2) is 18.9 Å². The van der Waals surface area contributed by atoms with Gasteiger partial charge in [0.2, 0.25) is 0 Å². The third-order valence-corrected chi connectivity index (χ3v) is 8.53. The largest absolute Gasteiger partial charge is 0.422 e. The Morgan fingerprint density at radius 1 is 0.761 bits per heavy atom. The summed E-state index contributed by atoms with van der Waals surface area (Å²) in [6, 6.07) is 2.49. The molecule has 18 heteroatoms. The van der Waals surface area contributed by atoms with Crippen LogP contribution in [0.5, 0.6) is 0 Å². The molecule has 1 aromatic heterocycles. The van der Waals surface area contributed by atoms with Gasteiger partial charge in [-0.2, -0.15) is 0 Å². The second-order valence-corrected chi connectivity index (χ2v) is 11.7. The first kappa shape index (κ1) is 35.0. The summed E-state index contributed by atoms with van der Waals surface area (Å²) >= 11 is 0. The number of aliphatic hydroxyl groups is 8. The first-order chi connectivity index (χ1) is 21.9. The molecule has 0 saturated carbocycles. The molecule has 0 amide bonds. The molecule has 4 heterocycles. The maximum absolute atomic E-state index is 12.0. The lowest BCUT2D eigenvalue weighted by molar-refractivity contribution is -0.347. The standard InChI is InChI=1S/C28H41N3O15/c1-9-4-10-2-3-11(5-12(10)41-25(9)39)31-18-22(38)24(14(7-33)42-26(18)40)46-28-17(30)21(37)23(15(8-34)44-28)45-27-16(29)20(36)19(35)13(6-32)43-27/h2-5,13-24,26-28,31-38,40H,6-8,29-30H2,1H3/t13-,14-,15-,16-,17-,18-,19-,20-,21-,22-,23-,24-,26?,27+,28+/m1/s1. The minimum absolute atomic E-state index is 0.252. The van der Waals surface area contributed by atoms with Crippen molar-refractivity contribution < 1.29 is 69.0 Å². The van der Waals surface area contributed by atoms with Gasteiger partial charge >= 0.3 is 5.63 Å². The van der Waals surface area contributed by atoms with Gasteiger partial charge in [0.05, 0.1) is 31.9 Å². The van der Waals surface area contributed by atoms with Crippen LogP contribution >= 0.6 is 0 Å². The van der Waals surface area contributed by atoms with Crippen LogP contribution in [-0.2, 0) is 23.7 Å². The molecule has 1 aromatic carbocycles. The third kappa shape index (κ3) is 6.79. The highest BCUT2D eigenvalue weighted by molar-refractivity contribution is 5.80. The summed E-state index contributed by atoms with van der Waals surface area (Å²) in [7, 11) is 0. The SMILES string of the molecule is Cc1cc2ccc(N[C@H]3C(O)O[C@H](CO)[C@@H](O[C@@H]4O[C@H](CO)[C@@H](O[C@@H]5O[C@H](CO)[C@@H](O)[C@H](O)[C@H]5N)[C@H](O)[C@H]4N)[C@@H]3O)cc2oc1=O. The average molecular weight is 660 g/mol. The van der Waals surface area contributed by atoms with Crippen molar-refractivity contribution in [1.82, 2.24) is 0 Å². The van der Waals surface area contributed by atoms with E-state index in [1.165, 1.54) is 6.07 Å². The molecule has 46 heavy (non-hydrogen) atoms. The first-order valence-corrected chi connectivity index (χ1v) is 14.7. The van der Waals surface area contributed by atoms with Crippen molar-refractivity contribution in [1.29, 1.82) is 0 Å². The maximum atomic E-state index is 12.0. The quantitative estimate of drug-likeness (QED) is 0.112. The van der Waals surface area contributed by atoms with E-state index in [2.05, 4.69) is 5.32 Å². The van der Waals surface area contributed by atoms with E-state index in [9.17, 15) is 45.6 Å². The monoisotopic (exact) mass is 659 g/mol. The van der Waals surface area contributed by atoms with Crippen molar-refractivity contribution in [3.8, 4) is 0 Å². The maximum Gasteiger partial charge on any atom is 0.339 e. The molecular weight excluding hydrogens is 618 g/mol. The Morgan fingerprint density at radius 2 is 1.33 bits per heavy atom. The predicted octanol–water partition coefficient (Wildman–Crippen LogP) is -5.11. The molecule has 2 aromatic rings. The van der Waals surface area contributed by atoms with Crippen LogP contribution < -0.4 is 22.4 Å². The number of aliphatic hydroxyl groups excluding tert-OH is 8. The number of hydrogen-bond donors (Lipinski definition) is 11. The van der Waals surface area contributed by atoms with E-state index in [0.717, 1.165) is 0 Å². The van der Waals surface area contributed by atoms with Gasteiger partial charge in [-0.15, -0.1) is 0 Å². The van der Waals surface area contributed by atoms with Crippen LogP contribution in [0.1, 0.15) is 5.56 Å². The van der Waals surface area contributed by atoms with E-state index in [1.807, 2.05) is 0 Å². The molecule has 0 bridgehead atoms. The number of nitrogens with one attached hydrogen (secondary N) is 1. The van der Waals surface area contributed by atoms with Gasteiger partial charge in [0.1, 0.15) is 66.6 Å². The topological polar surface area (TPSA) is 302 Å². The molecule has 3 aliphatic rings. The van der Waals surface area contributed by atoms with Crippen molar-refractivity contribution >= 4 is 16.7 Å². The normalized spacial score (nSPS) is 41.8. The zero-order valence-electron chi connectivity index (χ0n) is 24.7. The van der Waals surface area contributed by atoms with Gasteiger partial charge in [-0.3, -0.25) is 0 Å². The van der Waals surface area contributed by atoms with Crippen LogP contribution in [0.2, 0.25) is 0 Å². The Kier molecular flexibility index (Phi) is 10.9. The number of benzene rings is 1. The van der Waals surface area contributed by atoms with Crippen molar-refractivity contribution in [2.45, 2.75) is 98.9 Å². The zero-order valence-corrected chi connectivity index (χ0v) is 24.7. The summed E-state index contributed by atoms with van der Waals surface area (Å²) in [6.07, 6.45) is -17.5. The second-order valence-electron chi connectivity index (χ2n) is 11.7. The molecule has 0 radical (unpaired) electrons. The summed E-state index contributed by atoms with van der Waals surface area (Å²) in [5, 5.41) is 86.5. The molecule has 0 spiro atoms. The number of ether oxygens (including phenoxy) is 5. The number of fused-ring (bicyclic) bond motifs is 1. The third-order valence-electron chi connectivity index (χ3n) is 8.53. The second kappa shape index (κ2) is 14.4. The van der Waals surface area contributed by atoms with Crippen molar-refractivity contribution in [3.63, 3.8) is 0 Å². The van der Waals surface area contributed by atoms with Gasteiger partial charge in [-0.1, -0.05) is 0 Å². The lowest BCUT2D eigenvalue weighted by Crippen LogP contribution is -2.69. The highest BCUT2D eigenvalue weighted by atomic mass is 16.7. The van der Waals surface area contributed by atoms with E-state index in [4.69, 9.17) is 39.6 Å². The Morgan fingerprint density at radius 3 is 1.96 bits per heavy atom. The molecule has 13 N–H and O–H groups in total. The van der Waals surface area contributed by atoms with E-state index >= 15 is 0 Å². The molecule has 15 atom stereocenters. The number of hydrogen-bond acceptors (Lipinski definition) is 18. The molecule has 18 nitrogen and oxygen atoms in total. The van der Waals surface area contributed by atoms with Gasteiger partial charge in [-0.25, -0.2) is 4.79 Å². The minimum Gasteiger partial charge on any atom is -0.422 e. The summed E-state index contributed by atoms with van der Waals surface area (Å²) in [5.74, 6) is 0. The molecule has 0 aliphatic carbocycles. The van der Waals surface area contributed by atoms with Crippen LogP contribution in [0.25, 0.3) is 11.0 Å². The molecule has 3 saturated heterocycles. The first-order valence-electron chi connectivity index (χ1n) is 14.7.